The Kier molecular flexibility index (Phi) is 6.66. The number of hydrogen-bond acceptors (Lipinski definition) is 1. The van der Waals surface area contributed by atoms with Gasteiger partial charge < -0.3 is 10.1 Å². The van der Waals surface area contributed by atoms with E-state index in [9.17, 15) is 0 Å². The van der Waals surface area contributed by atoms with E-state index >= 15 is 0 Å². The van der Waals surface area contributed by atoms with Gasteiger partial charge in [0.25, 0.3) is 0 Å². The van der Waals surface area contributed by atoms with Gasteiger partial charge in [0, 0.05) is 5.02 Å². The van der Waals surface area contributed by atoms with Crippen LogP contribution in [0.1, 0.15) is 44.1 Å². The molecule has 0 atom stereocenters. The first-order chi connectivity index (χ1) is 9.66. The summed E-state index contributed by atoms with van der Waals surface area (Å²) in [7, 11) is 0. The maximum Gasteiger partial charge on any atom is 0.136 e. The molecule has 2 rings (SSSR count). The number of unbranched alkanes of at least 4 members (excludes halogenated alkanes) is 1. The first kappa shape index (κ1) is 16.1. The van der Waals surface area contributed by atoms with Crippen molar-refractivity contribution in [3.05, 3.63) is 27.2 Å². The molecule has 1 aliphatic carbocycles. The smallest absolute Gasteiger partial charge is 0.136 e. The van der Waals surface area contributed by atoms with Gasteiger partial charge in [-0.05, 0) is 79.1 Å². The minimum Gasteiger partial charge on any atom is -0.492 e. The molecule has 0 aromatic heterocycles. The van der Waals surface area contributed by atoms with Gasteiger partial charge in [-0.3, -0.25) is 0 Å². The Labute approximate surface area is 135 Å². The molecule has 1 fully saturated rings. The van der Waals surface area contributed by atoms with Crippen molar-refractivity contribution in [1.29, 1.82) is 0 Å². The predicted octanol–water partition coefficient (Wildman–Crippen LogP) is 4.08. The fraction of sp³-hybridized carbons (Fsp3) is 0.625. The quantitative estimate of drug-likeness (QED) is 0.728. The zero-order valence-electron chi connectivity index (χ0n) is 12.1. The SMILES string of the molecule is Cc1cc(Cl)cc(Br)c1OCCCC[NH2+]C1CCCC1. The lowest BCUT2D eigenvalue weighted by Crippen LogP contribution is -2.89. The number of halogens is 2. The Morgan fingerprint density at radius 3 is 2.75 bits per heavy atom. The van der Waals surface area contributed by atoms with E-state index in [0.717, 1.165) is 39.9 Å². The molecule has 1 saturated carbocycles. The second-order valence-corrected chi connectivity index (χ2v) is 6.95. The lowest BCUT2D eigenvalue weighted by atomic mass is 10.2. The molecule has 1 aliphatic rings. The molecule has 0 radical (unpaired) electrons. The molecule has 0 spiro atoms. The summed E-state index contributed by atoms with van der Waals surface area (Å²) >= 11 is 9.51. The predicted molar refractivity (Wildman–Crippen MR) is 87.7 cm³/mol. The number of nitrogens with two attached hydrogens (primary N) is 1. The van der Waals surface area contributed by atoms with E-state index < -0.39 is 0 Å². The molecule has 0 saturated heterocycles. The average Bonchev–Trinajstić information content (AvgIpc) is 2.89. The van der Waals surface area contributed by atoms with Gasteiger partial charge in [-0.25, -0.2) is 0 Å². The van der Waals surface area contributed by atoms with Gasteiger partial charge in [0.1, 0.15) is 5.75 Å². The van der Waals surface area contributed by atoms with Gasteiger partial charge >= 0.3 is 0 Å². The van der Waals surface area contributed by atoms with Crippen LogP contribution in [0.2, 0.25) is 5.02 Å². The standard InChI is InChI=1S/C16H23BrClNO/c1-12-10-13(18)11-15(17)16(12)20-9-5-4-8-19-14-6-2-3-7-14/h10-11,14,19H,2-9H2,1H3/p+1. The van der Waals surface area contributed by atoms with Crippen LogP contribution in [0, 0.1) is 6.92 Å². The second-order valence-electron chi connectivity index (χ2n) is 5.66. The van der Waals surface area contributed by atoms with Crippen molar-refractivity contribution in [3.63, 3.8) is 0 Å². The summed E-state index contributed by atoms with van der Waals surface area (Å²) < 4.78 is 6.82. The Hall–Kier alpha value is -0.250. The topological polar surface area (TPSA) is 25.8 Å². The number of hydrogen-bond donors (Lipinski definition) is 1. The summed E-state index contributed by atoms with van der Waals surface area (Å²) in [6, 6.07) is 4.72. The molecule has 1 aromatic rings. The third-order valence-electron chi connectivity index (χ3n) is 3.94. The average molecular weight is 362 g/mol. The maximum absolute atomic E-state index is 6.00. The summed E-state index contributed by atoms with van der Waals surface area (Å²) in [4.78, 5) is 0. The lowest BCUT2D eigenvalue weighted by Gasteiger charge is -2.12. The molecule has 0 aliphatic heterocycles. The summed E-state index contributed by atoms with van der Waals surface area (Å²) in [5.41, 5.74) is 1.09. The molecule has 112 valence electrons. The van der Waals surface area contributed by atoms with Crippen molar-refractivity contribution in [2.75, 3.05) is 13.2 Å². The number of quaternary nitrogens is 1. The summed E-state index contributed by atoms with van der Waals surface area (Å²) in [6.07, 6.45) is 8.00. The fourth-order valence-corrected chi connectivity index (χ4v) is 3.92. The normalized spacial score (nSPS) is 15.8. The first-order valence-corrected chi connectivity index (χ1v) is 8.75. The highest BCUT2D eigenvalue weighted by atomic mass is 79.9. The third kappa shape index (κ3) is 4.94. The van der Waals surface area contributed by atoms with Gasteiger partial charge in [-0.2, -0.15) is 0 Å². The first-order valence-electron chi connectivity index (χ1n) is 7.58. The zero-order valence-corrected chi connectivity index (χ0v) is 14.5. The Balaban J connectivity index is 1.63. The monoisotopic (exact) mass is 360 g/mol. The van der Waals surface area contributed by atoms with E-state index in [0.29, 0.717) is 0 Å². The van der Waals surface area contributed by atoms with E-state index in [2.05, 4.69) is 21.2 Å². The molecule has 0 amide bonds. The molecule has 0 heterocycles. The third-order valence-corrected chi connectivity index (χ3v) is 4.75. The van der Waals surface area contributed by atoms with Crippen molar-refractivity contribution in [3.8, 4) is 5.75 Å². The molecule has 4 heteroatoms. The number of ether oxygens (including phenoxy) is 1. The van der Waals surface area contributed by atoms with E-state index in [-0.39, 0.29) is 0 Å². The minimum atomic E-state index is 0.743. The van der Waals surface area contributed by atoms with Crippen LogP contribution in [0.4, 0.5) is 0 Å². The van der Waals surface area contributed by atoms with Crippen molar-refractivity contribution in [2.45, 2.75) is 51.5 Å². The molecular formula is C16H24BrClNO+. The van der Waals surface area contributed by atoms with Crippen LogP contribution in [0.15, 0.2) is 16.6 Å². The molecular weight excluding hydrogens is 338 g/mol. The number of rotatable bonds is 7. The van der Waals surface area contributed by atoms with Gasteiger partial charge in [0.05, 0.1) is 23.7 Å². The van der Waals surface area contributed by atoms with Gasteiger partial charge in [-0.15, -0.1) is 0 Å². The van der Waals surface area contributed by atoms with Crippen molar-refractivity contribution in [1.82, 2.24) is 0 Å². The summed E-state index contributed by atoms with van der Waals surface area (Å²) in [5, 5.41) is 3.27. The van der Waals surface area contributed by atoms with E-state index in [1.807, 2.05) is 19.1 Å². The van der Waals surface area contributed by atoms with E-state index in [1.54, 1.807) is 0 Å². The highest BCUT2D eigenvalue weighted by Crippen LogP contribution is 2.32. The van der Waals surface area contributed by atoms with Crippen LogP contribution >= 0.6 is 27.5 Å². The molecule has 0 bridgehead atoms. The van der Waals surface area contributed by atoms with Crippen molar-refractivity contribution < 1.29 is 10.1 Å². The zero-order chi connectivity index (χ0) is 14.4. The number of benzene rings is 1. The molecule has 20 heavy (non-hydrogen) atoms. The Morgan fingerprint density at radius 1 is 1.30 bits per heavy atom. The molecule has 2 nitrogen and oxygen atoms in total. The van der Waals surface area contributed by atoms with Crippen LogP contribution in [-0.2, 0) is 0 Å². The maximum atomic E-state index is 6.00. The van der Waals surface area contributed by atoms with E-state index in [4.69, 9.17) is 16.3 Å². The van der Waals surface area contributed by atoms with Gasteiger partial charge in [0.2, 0.25) is 0 Å². The van der Waals surface area contributed by atoms with Crippen LogP contribution in [-0.4, -0.2) is 19.2 Å². The van der Waals surface area contributed by atoms with Crippen LogP contribution < -0.4 is 10.1 Å². The van der Waals surface area contributed by atoms with Crippen molar-refractivity contribution in [2.24, 2.45) is 0 Å². The van der Waals surface area contributed by atoms with Crippen LogP contribution in [0.5, 0.6) is 5.75 Å². The minimum absolute atomic E-state index is 0.743. The Morgan fingerprint density at radius 2 is 2.05 bits per heavy atom. The fourth-order valence-electron chi connectivity index (χ4n) is 2.84. The highest BCUT2D eigenvalue weighted by molar-refractivity contribution is 9.10. The lowest BCUT2D eigenvalue weighted by molar-refractivity contribution is -0.688. The van der Waals surface area contributed by atoms with Crippen molar-refractivity contribution >= 4 is 27.5 Å². The largest absolute Gasteiger partial charge is 0.492 e. The van der Waals surface area contributed by atoms with Gasteiger partial charge in [0.15, 0.2) is 0 Å². The summed E-state index contributed by atoms with van der Waals surface area (Å²) in [6.45, 7) is 4.04. The molecule has 0 unspecified atom stereocenters. The van der Waals surface area contributed by atoms with Gasteiger partial charge in [-0.1, -0.05) is 11.6 Å². The second kappa shape index (κ2) is 8.26. The molecule has 1 aromatic carbocycles. The Bertz CT molecular complexity index is 409. The van der Waals surface area contributed by atoms with E-state index in [1.165, 1.54) is 38.6 Å². The number of aryl methyl sites for hydroxylation is 1. The molecule has 2 N–H and O–H groups in total. The van der Waals surface area contributed by atoms with Crippen LogP contribution in [0.3, 0.4) is 0 Å². The highest BCUT2D eigenvalue weighted by Gasteiger charge is 2.16. The summed E-state index contributed by atoms with van der Waals surface area (Å²) in [5.74, 6) is 0.925. The van der Waals surface area contributed by atoms with Crippen LogP contribution in [0.25, 0.3) is 0 Å².